The molecule has 1 amide bonds. The minimum absolute atomic E-state index is 0.232. The van der Waals surface area contributed by atoms with Gasteiger partial charge in [0.25, 0.3) is 5.91 Å². The summed E-state index contributed by atoms with van der Waals surface area (Å²) in [5.41, 5.74) is 1.33. The number of amides is 1. The van der Waals surface area contributed by atoms with Crippen molar-refractivity contribution in [3.05, 3.63) is 47.3 Å². The van der Waals surface area contributed by atoms with E-state index in [2.05, 4.69) is 10.5 Å². The molecule has 0 atom stereocenters. The quantitative estimate of drug-likeness (QED) is 0.867. The highest BCUT2D eigenvalue weighted by atomic mass is 32.2. The van der Waals surface area contributed by atoms with Crippen LogP contribution in [0.15, 0.2) is 34.9 Å². The highest BCUT2D eigenvalue weighted by Gasteiger charge is 2.28. The Labute approximate surface area is 127 Å². The summed E-state index contributed by atoms with van der Waals surface area (Å²) in [6, 6.07) is 8.07. The number of benzene rings is 1. The molecular formula is C14H15N3O4S. The fourth-order valence-corrected chi connectivity index (χ4v) is 2.73. The van der Waals surface area contributed by atoms with Gasteiger partial charge in [0.05, 0.1) is 5.75 Å². The van der Waals surface area contributed by atoms with Gasteiger partial charge in [-0.3, -0.25) is 4.79 Å². The predicted octanol–water partition coefficient (Wildman–Crippen LogP) is 1.59. The molecule has 0 radical (unpaired) electrons. The van der Waals surface area contributed by atoms with E-state index in [1.54, 1.807) is 30.3 Å². The van der Waals surface area contributed by atoms with Crippen LogP contribution < -0.4 is 10.5 Å². The SMILES string of the molecule is NS(=O)(=O)Cc1ccc(NC(=O)c2cc(C3CC3)on2)cc1. The van der Waals surface area contributed by atoms with Crippen molar-refractivity contribution in [1.82, 2.24) is 5.16 Å². The van der Waals surface area contributed by atoms with Crippen molar-refractivity contribution in [2.45, 2.75) is 24.5 Å². The second kappa shape index (κ2) is 5.54. The van der Waals surface area contributed by atoms with Crippen LogP contribution in [0.1, 0.15) is 40.6 Å². The topological polar surface area (TPSA) is 115 Å². The number of anilines is 1. The van der Waals surface area contributed by atoms with Crippen LogP contribution in [0.3, 0.4) is 0 Å². The fourth-order valence-electron chi connectivity index (χ4n) is 2.07. The molecule has 22 heavy (non-hydrogen) atoms. The van der Waals surface area contributed by atoms with Crippen LogP contribution in [-0.2, 0) is 15.8 Å². The van der Waals surface area contributed by atoms with Crippen LogP contribution in [0.4, 0.5) is 5.69 Å². The average Bonchev–Trinajstić information content (AvgIpc) is 3.17. The first kappa shape index (κ1) is 14.7. The third-order valence-corrected chi connectivity index (χ3v) is 4.06. The van der Waals surface area contributed by atoms with Gasteiger partial charge in [-0.25, -0.2) is 13.6 Å². The van der Waals surface area contributed by atoms with E-state index in [1.165, 1.54) is 0 Å². The largest absolute Gasteiger partial charge is 0.360 e. The van der Waals surface area contributed by atoms with Gasteiger partial charge in [0.15, 0.2) is 5.69 Å². The maximum absolute atomic E-state index is 12.0. The van der Waals surface area contributed by atoms with E-state index >= 15 is 0 Å². The van der Waals surface area contributed by atoms with E-state index in [9.17, 15) is 13.2 Å². The first-order chi connectivity index (χ1) is 10.4. The van der Waals surface area contributed by atoms with Crippen molar-refractivity contribution in [2.24, 2.45) is 5.14 Å². The van der Waals surface area contributed by atoms with Gasteiger partial charge in [-0.1, -0.05) is 17.3 Å². The Morgan fingerprint density at radius 3 is 2.59 bits per heavy atom. The minimum atomic E-state index is -3.57. The Morgan fingerprint density at radius 2 is 2.00 bits per heavy atom. The molecule has 0 unspecified atom stereocenters. The molecule has 1 fully saturated rings. The van der Waals surface area contributed by atoms with Crippen LogP contribution in [-0.4, -0.2) is 19.5 Å². The normalized spacial score (nSPS) is 14.8. The molecule has 3 N–H and O–H groups in total. The van der Waals surface area contributed by atoms with Gasteiger partial charge in [0, 0.05) is 17.7 Å². The van der Waals surface area contributed by atoms with Crippen molar-refractivity contribution in [1.29, 1.82) is 0 Å². The number of nitrogens with two attached hydrogens (primary N) is 1. The van der Waals surface area contributed by atoms with E-state index in [1.807, 2.05) is 0 Å². The average molecular weight is 321 g/mol. The number of sulfonamides is 1. The van der Waals surface area contributed by atoms with E-state index < -0.39 is 10.0 Å². The number of nitrogens with one attached hydrogen (secondary N) is 1. The Kier molecular flexibility index (Phi) is 3.71. The standard InChI is InChI=1S/C14H15N3O4S/c15-22(19,20)8-9-1-5-11(6-2-9)16-14(18)12-7-13(21-17-12)10-3-4-10/h1-2,5-7,10H,3-4,8H2,(H,16,18)(H2,15,19,20). The van der Waals surface area contributed by atoms with Crippen molar-refractivity contribution in [3.63, 3.8) is 0 Å². The van der Waals surface area contributed by atoms with Crippen molar-refractivity contribution < 1.29 is 17.7 Å². The molecule has 0 saturated heterocycles. The second-order valence-electron chi connectivity index (χ2n) is 5.35. The molecule has 1 aromatic heterocycles. The number of primary sulfonamides is 1. The van der Waals surface area contributed by atoms with Gasteiger partial charge < -0.3 is 9.84 Å². The number of hydrogen-bond acceptors (Lipinski definition) is 5. The Morgan fingerprint density at radius 1 is 1.32 bits per heavy atom. The lowest BCUT2D eigenvalue weighted by Gasteiger charge is -2.04. The highest BCUT2D eigenvalue weighted by molar-refractivity contribution is 7.88. The maximum Gasteiger partial charge on any atom is 0.277 e. The van der Waals surface area contributed by atoms with Crippen LogP contribution >= 0.6 is 0 Å². The Hall–Kier alpha value is -2.19. The summed E-state index contributed by atoms with van der Waals surface area (Å²) in [7, 11) is -3.57. The van der Waals surface area contributed by atoms with Crippen molar-refractivity contribution >= 4 is 21.6 Å². The van der Waals surface area contributed by atoms with E-state index in [0.717, 1.165) is 18.6 Å². The van der Waals surface area contributed by atoms with Gasteiger partial charge in [-0.15, -0.1) is 0 Å². The molecule has 2 aromatic rings. The van der Waals surface area contributed by atoms with Crippen LogP contribution in [0.25, 0.3) is 0 Å². The first-order valence-electron chi connectivity index (χ1n) is 6.78. The zero-order valence-corrected chi connectivity index (χ0v) is 12.5. The molecule has 1 saturated carbocycles. The van der Waals surface area contributed by atoms with Crippen LogP contribution in [0.2, 0.25) is 0 Å². The molecule has 1 heterocycles. The van der Waals surface area contributed by atoms with Crippen molar-refractivity contribution in [3.8, 4) is 0 Å². The van der Waals surface area contributed by atoms with E-state index in [-0.39, 0.29) is 17.4 Å². The minimum Gasteiger partial charge on any atom is -0.360 e. The Balaban J connectivity index is 1.65. The number of carbonyl (C=O) groups is 1. The summed E-state index contributed by atoms with van der Waals surface area (Å²) in [6.07, 6.45) is 2.14. The van der Waals surface area contributed by atoms with Gasteiger partial charge in [0.2, 0.25) is 10.0 Å². The third-order valence-electron chi connectivity index (χ3n) is 3.32. The van der Waals surface area contributed by atoms with Crippen LogP contribution in [0, 0.1) is 0 Å². The smallest absolute Gasteiger partial charge is 0.277 e. The summed E-state index contributed by atoms with van der Waals surface area (Å²) in [6.45, 7) is 0. The lowest BCUT2D eigenvalue weighted by Crippen LogP contribution is -2.15. The van der Waals surface area contributed by atoms with Gasteiger partial charge in [0.1, 0.15) is 5.76 Å². The molecule has 1 aliphatic rings. The molecule has 116 valence electrons. The lowest BCUT2D eigenvalue weighted by atomic mass is 10.2. The summed E-state index contributed by atoms with van der Waals surface area (Å²) < 4.78 is 27.1. The molecule has 1 aromatic carbocycles. The molecule has 3 rings (SSSR count). The maximum atomic E-state index is 12.0. The highest BCUT2D eigenvalue weighted by Crippen LogP contribution is 2.40. The number of nitrogens with zero attached hydrogens (tertiary/aromatic N) is 1. The molecule has 0 bridgehead atoms. The number of hydrogen-bond donors (Lipinski definition) is 2. The summed E-state index contributed by atoms with van der Waals surface area (Å²) in [5.74, 6) is 0.532. The molecule has 8 heteroatoms. The molecular weight excluding hydrogens is 306 g/mol. The second-order valence-corrected chi connectivity index (χ2v) is 6.96. The van der Waals surface area contributed by atoms with Gasteiger partial charge in [-0.2, -0.15) is 0 Å². The third kappa shape index (κ3) is 3.71. The van der Waals surface area contributed by atoms with Crippen molar-refractivity contribution in [2.75, 3.05) is 5.32 Å². The summed E-state index contributed by atoms with van der Waals surface area (Å²) in [5, 5.41) is 11.4. The number of carbonyl (C=O) groups excluding carboxylic acids is 1. The zero-order chi connectivity index (χ0) is 15.7. The van der Waals surface area contributed by atoms with Crippen LogP contribution in [0.5, 0.6) is 0 Å². The summed E-state index contributed by atoms with van der Waals surface area (Å²) in [4.78, 5) is 12.0. The lowest BCUT2D eigenvalue weighted by molar-refractivity contribution is 0.101. The number of rotatable bonds is 5. The molecule has 1 aliphatic carbocycles. The molecule has 0 aliphatic heterocycles. The Bertz CT molecular complexity index is 792. The number of aromatic nitrogens is 1. The van der Waals surface area contributed by atoms with Gasteiger partial charge in [-0.05, 0) is 30.5 Å². The molecule has 0 spiro atoms. The predicted molar refractivity (Wildman–Crippen MR) is 79.7 cm³/mol. The fraction of sp³-hybridized carbons (Fsp3) is 0.286. The van der Waals surface area contributed by atoms with E-state index in [4.69, 9.17) is 9.66 Å². The first-order valence-corrected chi connectivity index (χ1v) is 8.50. The summed E-state index contributed by atoms with van der Waals surface area (Å²) >= 11 is 0. The molecule has 7 nitrogen and oxygen atoms in total. The zero-order valence-electron chi connectivity index (χ0n) is 11.7. The van der Waals surface area contributed by atoms with E-state index in [0.29, 0.717) is 17.2 Å². The van der Waals surface area contributed by atoms with Gasteiger partial charge >= 0.3 is 0 Å². The monoisotopic (exact) mass is 321 g/mol.